The van der Waals surface area contributed by atoms with Gasteiger partial charge in [0, 0.05) is 17.4 Å². The second kappa shape index (κ2) is 9.97. The average molecular weight is 476 g/mol. The number of aryl methyl sites for hydroxylation is 1. The van der Waals surface area contributed by atoms with Gasteiger partial charge in [-0.15, -0.1) is 0 Å². The Balaban J connectivity index is 1.67. The van der Waals surface area contributed by atoms with Crippen LogP contribution in [0.3, 0.4) is 0 Å². The maximum absolute atomic E-state index is 13.4. The fourth-order valence-electron chi connectivity index (χ4n) is 4.04. The average Bonchev–Trinajstić information content (AvgIpc) is 2.84. The number of rotatable bonds is 9. The number of fused-ring (bicyclic) bond motifs is 1. The van der Waals surface area contributed by atoms with Crippen molar-refractivity contribution in [3.8, 4) is 5.75 Å². The summed E-state index contributed by atoms with van der Waals surface area (Å²) in [4.78, 5) is 1.91. The molecule has 0 aliphatic heterocycles. The normalized spacial score (nSPS) is 13.6. The highest BCUT2D eigenvalue weighted by molar-refractivity contribution is 7.86. The molecule has 0 bridgehead atoms. The molecule has 6 heteroatoms. The molecule has 0 fully saturated rings. The summed E-state index contributed by atoms with van der Waals surface area (Å²) in [6, 6.07) is 30.0. The highest BCUT2D eigenvalue weighted by Crippen LogP contribution is 2.36. The van der Waals surface area contributed by atoms with E-state index in [-0.39, 0.29) is 11.5 Å². The van der Waals surface area contributed by atoms with Crippen molar-refractivity contribution in [1.82, 2.24) is 4.90 Å². The largest absolute Gasteiger partial charge is 0.493 e. The van der Waals surface area contributed by atoms with E-state index >= 15 is 0 Å². The molecule has 176 valence electrons. The first kappa shape index (κ1) is 24.0. The van der Waals surface area contributed by atoms with Crippen LogP contribution >= 0.6 is 0 Å². The van der Waals surface area contributed by atoms with Crippen LogP contribution < -0.4 is 4.74 Å². The van der Waals surface area contributed by atoms with E-state index < -0.39 is 15.8 Å². The Morgan fingerprint density at radius 3 is 2.15 bits per heavy atom. The molecule has 1 unspecified atom stereocenters. The molecule has 0 amide bonds. The summed E-state index contributed by atoms with van der Waals surface area (Å²) in [6.07, 6.45) is 0.290. The Kier molecular flexibility index (Phi) is 7.03. The highest BCUT2D eigenvalue weighted by atomic mass is 32.2. The molecule has 0 aromatic heterocycles. The maximum Gasteiger partial charge on any atom is 0.299 e. The van der Waals surface area contributed by atoms with Crippen molar-refractivity contribution in [2.75, 3.05) is 20.7 Å². The first-order chi connectivity index (χ1) is 16.3. The van der Waals surface area contributed by atoms with Crippen molar-refractivity contribution in [3.05, 3.63) is 108 Å². The smallest absolute Gasteiger partial charge is 0.299 e. The summed E-state index contributed by atoms with van der Waals surface area (Å²) in [7, 11) is -0.425. The van der Waals surface area contributed by atoms with E-state index in [1.807, 2.05) is 93.8 Å². The molecule has 0 spiro atoms. The second-order valence-corrected chi connectivity index (χ2v) is 10.0. The fourth-order valence-corrected chi connectivity index (χ4v) is 5.30. The van der Waals surface area contributed by atoms with Gasteiger partial charge in [-0.2, -0.15) is 8.42 Å². The Morgan fingerprint density at radius 1 is 0.794 bits per heavy atom. The van der Waals surface area contributed by atoms with Gasteiger partial charge in [0.05, 0.1) is 11.5 Å². The molecule has 0 radical (unpaired) electrons. The Labute approximate surface area is 201 Å². The Morgan fingerprint density at radius 2 is 1.44 bits per heavy atom. The van der Waals surface area contributed by atoms with E-state index in [0.717, 1.165) is 27.6 Å². The third-order valence-corrected chi connectivity index (χ3v) is 7.30. The first-order valence-electron chi connectivity index (χ1n) is 11.2. The molecule has 34 heavy (non-hydrogen) atoms. The zero-order chi connectivity index (χ0) is 24.2. The third-order valence-electron chi connectivity index (χ3n) is 5.95. The molecular weight excluding hydrogens is 446 g/mol. The van der Waals surface area contributed by atoms with Crippen LogP contribution in [-0.4, -0.2) is 34.0 Å². The predicted octanol–water partition coefficient (Wildman–Crippen LogP) is 5.74. The van der Waals surface area contributed by atoms with Gasteiger partial charge in [0.15, 0.2) is 5.72 Å². The zero-order valence-electron chi connectivity index (χ0n) is 19.6. The minimum atomic E-state index is -4.05. The minimum absolute atomic E-state index is 0.121. The minimum Gasteiger partial charge on any atom is -0.493 e. The van der Waals surface area contributed by atoms with Gasteiger partial charge in [0.2, 0.25) is 0 Å². The van der Waals surface area contributed by atoms with Crippen molar-refractivity contribution in [1.29, 1.82) is 0 Å². The first-order valence-corrected chi connectivity index (χ1v) is 12.6. The summed E-state index contributed by atoms with van der Waals surface area (Å²) >= 11 is 0. The van der Waals surface area contributed by atoms with Crippen molar-refractivity contribution in [2.45, 2.75) is 24.0 Å². The van der Waals surface area contributed by atoms with Crippen LogP contribution in [0.1, 0.15) is 17.5 Å². The predicted molar refractivity (Wildman–Crippen MR) is 135 cm³/mol. The lowest BCUT2D eigenvalue weighted by molar-refractivity contribution is -0.0733. The molecule has 4 aromatic carbocycles. The number of ether oxygens (including phenoxy) is 1. The number of hydrogen-bond donors (Lipinski definition) is 0. The molecule has 0 N–H and O–H groups in total. The summed E-state index contributed by atoms with van der Waals surface area (Å²) in [6.45, 7) is 2.17. The van der Waals surface area contributed by atoms with Gasteiger partial charge in [0.25, 0.3) is 10.1 Å². The van der Waals surface area contributed by atoms with Crippen molar-refractivity contribution in [3.63, 3.8) is 0 Å². The van der Waals surface area contributed by atoms with Crippen LogP contribution in [0.25, 0.3) is 10.8 Å². The van der Waals surface area contributed by atoms with Crippen LogP contribution in [0, 0.1) is 6.92 Å². The lowest BCUT2D eigenvalue weighted by atomic mass is 9.98. The van der Waals surface area contributed by atoms with Crippen molar-refractivity contribution in [2.24, 2.45) is 0 Å². The van der Waals surface area contributed by atoms with Gasteiger partial charge in [-0.3, -0.25) is 4.90 Å². The van der Waals surface area contributed by atoms with Gasteiger partial charge in [-0.1, -0.05) is 84.4 Å². The van der Waals surface area contributed by atoms with Crippen LogP contribution in [0.5, 0.6) is 5.75 Å². The zero-order valence-corrected chi connectivity index (χ0v) is 20.5. The van der Waals surface area contributed by atoms with E-state index in [1.165, 1.54) is 0 Å². The number of benzene rings is 4. The summed E-state index contributed by atoms with van der Waals surface area (Å²) in [5.74, 6) is 0.750. The van der Waals surface area contributed by atoms with Gasteiger partial charge in [0.1, 0.15) is 5.75 Å². The molecule has 4 aromatic rings. The van der Waals surface area contributed by atoms with Gasteiger partial charge in [-0.05, 0) is 44.6 Å². The van der Waals surface area contributed by atoms with E-state index in [1.54, 1.807) is 29.2 Å². The maximum atomic E-state index is 13.4. The van der Waals surface area contributed by atoms with Crippen LogP contribution in [0.2, 0.25) is 0 Å². The molecule has 0 saturated heterocycles. The Bertz CT molecular complexity index is 1350. The molecule has 0 aliphatic rings. The van der Waals surface area contributed by atoms with Gasteiger partial charge >= 0.3 is 0 Å². The summed E-state index contributed by atoms with van der Waals surface area (Å²) in [5, 5.41) is 2.09. The molecule has 4 rings (SSSR count). The van der Waals surface area contributed by atoms with E-state index in [2.05, 4.69) is 0 Å². The van der Waals surface area contributed by atoms with Crippen molar-refractivity contribution < 1.29 is 17.3 Å². The Hall–Kier alpha value is -3.19. The standard InChI is InChI=1S/C28H29NO4S/c1-22-16-18-25(19-17-22)34(30,31)33-28(29(2)3,24-12-5-4-6-13-24)20-21-32-27-15-9-11-23-10-7-8-14-26(23)27/h4-19H,20-21H2,1-3H3. The van der Waals surface area contributed by atoms with Gasteiger partial charge < -0.3 is 4.74 Å². The molecule has 5 nitrogen and oxygen atoms in total. The van der Waals surface area contributed by atoms with Gasteiger partial charge in [-0.25, -0.2) is 4.18 Å². The molecule has 1 atom stereocenters. The van der Waals surface area contributed by atoms with E-state index in [9.17, 15) is 8.42 Å². The number of nitrogens with zero attached hydrogens (tertiary/aromatic N) is 1. The number of hydrogen-bond acceptors (Lipinski definition) is 5. The van der Waals surface area contributed by atoms with Crippen LogP contribution in [-0.2, 0) is 20.0 Å². The molecule has 0 saturated carbocycles. The molecule has 0 heterocycles. The monoisotopic (exact) mass is 475 g/mol. The topological polar surface area (TPSA) is 55.8 Å². The fraction of sp³-hybridized carbons (Fsp3) is 0.214. The van der Waals surface area contributed by atoms with E-state index in [0.29, 0.717) is 6.42 Å². The van der Waals surface area contributed by atoms with Crippen molar-refractivity contribution >= 4 is 20.9 Å². The molecular formula is C28H29NO4S. The van der Waals surface area contributed by atoms with E-state index in [4.69, 9.17) is 8.92 Å². The second-order valence-electron chi connectivity index (χ2n) is 8.47. The van der Waals surface area contributed by atoms with Crippen LogP contribution in [0.4, 0.5) is 0 Å². The van der Waals surface area contributed by atoms with Crippen LogP contribution in [0.15, 0.2) is 102 Å². The highest BCUT2D eigenvalue weighted by Gasteiger charge is 2.41. The SMILES string of the molecule is Cc1ccc(S(=O)(=O)OC(CCOc2cccc3ccccc23)(c2ccccc2)N(C)C)cc1. The third kappa shape index (κ3) is 4.99. The quantitative estimate of drug-likeness (QED) is 0.228. The lowest BCUT2D eigenvalue weighted by Crippen LogP contribution is -2.46. The summed E-state index contributed by atoms with van der Waals surface area (Å²) in [5.41, 5.74) is 0.455. The summed E-state index contributed by atoms with van der Waals surface area (Å²) < 4.78 is 38.9. The molecule has 0 aliphatic carbocycles. The lowest BCUT2D eigenvalue weighted by Gasteiger charge is -2.39.